The summed E-state index contributed by atoms with van der Waals surface area (Å²) in [7, 11) is 0. The number of β-lactam (4-membered cyclic amide) rings is 1. The molecule has 0 bridgehead atoms. The first-order valence-electron chi connectivity index (χ1n) is 4.02. The van der Waals surface area contributed by atoms with E-state index in [-0.39, 0.29) is 11.9 Å². The van der Waals surface area contributed by atoms with E-state index in [1.807, 2.05) is 6.26 Å². The number of hydrogen-bond acceptors (Lipinski definition) is 4. The van der Waals surface area contributed by atoms with Crippen molar-refractivity contribution in [1.29, 1.82) is 0 Å². The summed E-state index contributed by atoms with van der Waals surface area (Å²) in [5.74, 6) is 1.07. The van der Waals surface area contributed by atoms with Gasteiger partial charge in [-0.15, -0.1) is 0 Å². The van der Waals surface area contributed by atoms with Crippen LogP contribution in [-0.4, -0.2) is 47.9 Å². The van der Waals surface area contributed by atoms with Gasteiger partial charge in [-0.25, -0.2) is 0 Å². The Morgan fingerprint density at radius 1 is 1.85 bits per heavy atom. The van der Waals surface area contributed by atoms with Crippen molar-refractivity contribution in [3.8, 4) is 0 Å². The van der Waals surface area contributed by atoms with Gasteiger partial charge >= 0.3 is 0 Å². The van der Waals surface area contributed by atoms with E-state index >= 15 is 0 Å². The number of thioether (sulfide) groups is 1. The predicted molar refractivity (Wildman–Crippen MR) is 54.6 cm³/mol. The Hall–Kier alpha value is -0.750. The minimum atomic E-state index is -0.380. The predicted octanol–water partition coefficient (Wildman–Crippen LogP) is -1.17. The van der Waals surface area contributed by atoms with Gasteiger partial charge in [-0.05, 0) is 6.26 Å². The van der Waals surface area contributed by atoms with Gasteiger partial charge in [0.25, 0.3) is 0 Å². The minimum absolute atomic E-state index is 0.134. The van der Waals surface area contributed by atoms with Gasteiger partial charge in [0.05, 0.1) is 13.1 Å². The van der Waals surface area contributed by atoms with Crippen LogP contribution in [0.15, 0.2) is 4.99 Å². The number of carbonyl (C=O) groups excluding carboxylic acids is 1. The molecule has 0 saturated carbocycles. The highest BCUT2D eigenvalue weighted by Crippen LogP contribution is 2.06. The monoisotopic (exact) mass is 202 g/mol. The normalized spacial score (nSPS) is 23.2. The Labute approximate surface area is 81.5 Å². The van der Waals surface area contributed by atoms with E-state index in [0.717, 1.165) is 5.75 Å². The Balaban J connectivity index is 2.35. The first kappa shape index (κ1) is 10.3. The number of carbonyl (C=O) groups is 1. The van der Waals surface area contributed by atoms with Crippen molar-refractivity contribution in [3.05, 3.63) is 0 Å². The molecule has 0 radical (unpaired) electrons. The van der Waals surface area contributed by atoms with Crippen LogP contribution in [0.5, 0.6) is 0 Å². The van der Waals surface area contributed by atoms with Crippen LogP contribution in [0.1, 0.15) is 0 Å². The number of rotatable bonds is 3. The summed E-state index contributed by atoms with van der Waals surface area (Å²) in [5.41, 5.74) is 11.0. The van der Waals surface area contributed by atoms with Crippen molar-refractivity contribution < 1.29 is 4.79 Å². The van der Waals surface area contributed by atoms with Gasteiger partial charge in [0.2, 0.25) is 5.91 Å². The molecule has 6 heteroatoms. The SMILES string of the molecule is CSCCN=C(N)N1CC(N)C1=O. The van der Waals surface area contributed by atoms with Gasteiger partial charge in [0, 0.05) is 5.75 Å². The van der Waals surface area contributed by atoms with Crippen molar-refractivity contribution in [1.82, 2.24) is 4.90 Å². The van der Waals surface area contributed by atoms with Gasteiger partial charge in [0.15, 0.2) is 5.96 Å². The molecule has 1 amide bonds. The first-order chi connectivity index (χ1) is 6.16. The minimum Gasteiger partial charge on any atom is -0.369 e. The lowest BCUT2D eigenvalue weighted by atomic mass is 10.1. The van der Waals surface area contributed by atoms with E-state index in [0.29, 0.717) is 19.0 Å². The summed E-state index contributed by atoms with van der Waals surface area (Å²) in [6, 6.07) is -0.380. The lowest BCUT2D eigenvalue weighted by molar-refractivity contribution is -0.136. The largest absolute Gasteiger partial charge is 0.369 e. The number of amides is 1. The van der Waals surface area contributed by atoms with Crippen LogP contribution in [-0.2, 0) is 4.79 Å². The Kier molecular flexibility index (Phi) is 3.56. The molecule has 0 aromatic heterocycles. The topological polar surface area (TPSA) is 84.7 Å². The van der Waals surface area contributed by atoms with Gasteiger partial charge in [-0.2, -0.15) is 11.8 Å². The zero-order valence-electron chi connectivity index (χ0n) is 7.56. The van der Waals surface area contributed by atoms with Crippen LogP contribution in [0.4, 0.5) is 0 Å². The molecule has 74 valence electrons. The lowest BCUT2D eigenvalue weighted by Gasteiger charge is -2.34. The van der Waals surface area contributed by atoms with Crippen LogP contribution in [0, 0.1) is 0 Å². The maximum absolute atomic E-state index is 11.1. The van der Waals surface area contributed by atoms with Crippen molar-refractivity contribution >= 4 is 23.6 Å². The molecule has 1 unspecified atom stereocenters. The van der Waals surface area contributed by atoms with Crippen LogP contribution < -0.4 is 11.5 Å². The summed E-state index contributed by atoms with van der Waals surface area (Å²) in [6.45, 7) is 1.14. The van der Waals surface area contributed by atoms with Gasteiger partial charge in [0.1, 0.15) is 6.04 Å². The molecule has 1 fully saturated rings. The number of nitrogens with two attached hydrogens (primary N) is 2. The fourth-order valence-electron chi connectivity index (χ4n) is 0.996. The Morgan fingerprint density at radius 3 is 3.00 bits per heavy atom. The van der Waals surface area contributed by atoms with E-state index in [4.69, 9.17) is 11.5 Å². The second-order valence-electron chi connectivity index (χ2n) is 2.79. The highest BCUT2D eigenvalue weighted by molar-refractivity contribution is 7.98. The van der Waals surface area contributed by atoms with E-state index in [1.54, 1.807) is 11.8 Å². The smallest absolute Gasteiger partial charge is 0.248 e. The number of hydrogen-bond donors (Lipinski definition) is 2. The summed E-state index contributed by atoms with van der Waals surface area (Å²) in [5, 5.41) is 0. The fraction of sp³-hybridized carbons (Fsp3) is 0.714. The van der Waals surface area contributed by atoms with Crippen LogP contribution in [0.2, 0.25) is 0 Å². The fourth-order valence-corrected chi connectivity index (χ4v) is 1.27. The van der Waals surface area contributed by atoms with Crippen molar-refractivity contribution in [2.45, 2.75) is 6.04 Å². The molecule has 1 atom stereocenters. The third-order valence-corrected chi connectivity index (χ3v) is 2.40. The molecule has 0 spiro atoms. The molecule has 1 saturated heterocycles. The van der Waals surface area contributed by atoms with E-state index < -0.39 is 0 Å². The standard InChI is InChI=1S/C7H14N4OS/c1-13-3-2-10-7(9)11-4-5(8)6(11)12/h5H,2-4,8H2,1H3,(H2,9,10). The van der Waals surface area contributed by atoms with E-state index in [1.165, 1.54) is 4.90 Å². The molecule has 13 heavy (non-hydrogen) atoms. The van der Waals surface area contributed by atoms with Gasteiger partial charge < -0.3 is 11.5 Å². The lowest BCUT2D eigenvalue weighted by Crippen LogP contribution is -2.64. The molecular weight excluding hydrogens is 188 g/mol. The molecule has 1 aliphatic heterocycles. The molecule has 1 rings (SSSR count). The Bertz CT molecular complexity index is 231. The zero-order valence-corrected chi connectivity index (χ0v) is 8.38. The quantitative estimate of drug-likeness (QED) is 0.261. The summed E-state index contributed by atoms with van der Waals surface area (Å²) in [6.07, 6.45) is 2.00. The summed E-state index contributed by atoms with van der Waals surface area (Å²) < 4.78 is 0. The van der Waals surface area contributed by atoms with Crippen LogP contribution in [0.3, 0.4) is 0 Å². The van der Waals surface area contributed by atoms with Crippen molar-refractivity contribution in [2.75, 3.05) is 25.1 Å². The Morgan fingerprint density at radius 2 is 2.54 bits per heavy atom. The number of guanidine groups is 1. The molecule has 4 N–H and O–H groups in total. The van der Waals surface area contributed by atoms with E-state index in [9.17, 15) is 4.79 Å². The molecule has 5 nitrogen and oxygen atoms in total. The second-order valence-corrected chi connectivity index (χ2v) is 3.77. The number of likely N-dealkylation sites (tertiary alicyclic amines) is 1. The average molecular weight is 202 g/mol. The number of nitrogens with zero attached hydrogens (tertiary/aromatic N) is 2. The molecule has 0 aliphatic carbocycles. The molecule has 1 aliphatic rings. The van der Waals surface area contributed by atoms with Crippen molar-refractivity contribution in [2.24, 2.45) is 16.5 Å². The van der Waals surface area contributed by atoms with Gasteiger partial charge in [-0.1, -0.05) is 0 Å². The molecular formula is C7H14N4OS. The maximum Gasteiger partial charge on any atom is 0.248 e. The first-order valence-corrected chi connectivity index (χ1v) is 5.42. The highest BCUT2D eigenvalue weighted by atomic mass is 32.2. The average Bonchev–Trinajstić information content (AvgIpc) is 2.13. The molecule has 0 aromatic carbocycles. The highest BCUT2D eigenvalue weighted by Gasteiger charge is 2.35. The van der Waals surface area contributed by atoms with Crippen LogP contribution >= 0.6 is 11.8 Å². The second kappa shape index (κ2) is 4.48. The van der Waals surface area contributed by atoms with Crippen molar-refractivity contribution in [3.63, 3.8) is 0 Å². The third-order valence-electron chi connectivity index (χ3n) is 1.81. The molecule has 0 aromatic rings. The molecule has 1 heterocycles. The van der Waals surface area contributed by atoms with Crippen LogP contribution in [0.25, 0.3) is 0 Å². The zero-order chi connectivity index (χ0) is 9.84. The maximum atomic E-state index is 11.1. The number of aliphatic imine (C=N–C) groups is 1. The van der Waals surface area contributed by atoms with Gasteiger partial charge in [-0.3, -0.25) is 14.7 Å². The third kappa shape index (κ3) is 2.35. The summed E-state index contributed by atoms with van der Waals surface area (Å²) in [4.78, 5) is 16.5. The summed E-state index contributed by atoms with van der Waals surface area (Å²) >= 11 is 1.69. The van der Waals surface area contributed by atoms with E-state index in [2.05, 4.69) is 4.99 Å².